The molecule has 0 N–H and O–H groups in total. The molecule has 0 spiro atoms. The van der Waals surface area contributed by atoms with E-state index in [1.165, 1.54) is 109 Å². The maximum atomic E-state index is 6.76. The highest BCUT2D eigenvalue weighted by molar-refractivity contribution is 7.80. The molecule has 254 valence electrons. The Balaban J connectivity index is 5.09. The first-order chi connectivity index (χ1) is 20.6. The smallest absolute Gasteiger partial charge is 0.373 e. The average molecular weight is 633 g/mol. The van der Waals surface area contributed by atoms with Crippen LogP contribution in [-0.2, 0) is 13.3 Å². The van der Waals surface area contributed by atoms with Crippen LogP contribution in [0.15, 0.2) is 0 Å². The molecule has 0 rings (SSSR count). The first kappa shape index (κ1) is 42.4. The summed E-state index contributed by atoms with van der Waals surface area (Å²) in [6, 6.07) is 0.877. The van der Waals surface area contributed by atoms with Crippen molar-refractivity contribution >= 4 is 21.4 Å². The van der Waals surface area contributed by atoms with Crippen molar-refractivity contribution in [2.45, 2.75) is 163 Å². The molecule has 5 nitrogen and oxygen atoms in total. The Labute approximate surface area is 271 Å². The summed E-state index contributed by atoms with van der Waals surface area (Å²) < 4.78 is 20.2. The zero-order valence-electron chi connectivity index (χ0n) is 29.3. The molecule has 0 aromatic heterocycles. The molecule has 0 aliphatic heterocycles. The molecule has 0 aromatic rings. The van der Waals surface area contributed by atoms with E-state index in [1.807, 2.05) is 0 Å². The van der Waals surface area contributed by atoms with Crippen molar-refractivity contribution in [1.29, 1.82) is 0 Å². The fourth-order valence-corrected chi connectivity index (χ4v) is 8.32. The minimum atomic E-state index is -2.77. The lowest BCUT2D eigenvalue weighted by molar-refractivity contribution is 0.0430. The van der Waals surface area contributed by atoms with Crippen LogP contribution in [0, 0.1) is 0 Å². The lowest BCUT2D eigenvalue weighted by atomic mass is 10.1. The zero-order valence-corrected chi connectivity index (χ0v) is 31.2. The Morgan fingerprint density at radius 3 is 1.14 bits per heavy atom. The van der Waals surface area contributed by atoms with E-state index in [-0.39, 0.29) is 0 Å². The molecule has 0 amide bonds. The number of unbranched alkanes of at least 4 members (excludes halogenated alkanes) is 13. The Kier molecular flexibility index (Phi) is 33.0. The van der Waals surface area contributed by atoms with E-state index in [9.17, 15) is 0 Å². The van der Waals surface area contributed by atoms with Gasteiger partial charge in [-0.15, -0.1) is 0 Å². The predicted octanol–water partition coefficient (Wildman–Crippen LogP) is 10.0. The molecule has 0 aromatic carbocycles. The van der Waals surface area contributed by atoms with Crippen molar-refractivity contribution in [2.24, 2.45) is 0 Å². The van der Waals surface area contributed by atoms with Gasteiger partial charge in [0.2, 0.25) is 0 Å². The van der Waals surface area contributed by atoms with Crippen LogP contribution >= 0.6 is 12.6 Å². The number of thiol groups is 1. The molecule has 7 heteroatoms. The molecule has 0 fully saturated rings. The average Bonchev–Trinajstić information content (AvgIpc) is 3.00. The summed E-state index contributed by atoms with van der Waals surface area (Å²) in [6.45, 7) is 20.2. The number of hydrogen-bond donors (Lipinski definition) is 1. The fraction of sp³-hybridized carbons (Fsp3) is 1.00. The van der Waals surface area contributed by atoms with Crippen molar-refractivity contribution in [3.63, 3.8) is 0 Å². The minimum absolute atomic E-state index is 0.708. The summed E-state index contributed by atoms with van der Waals surface area (Å²) >= 11 is 4.56. The topological polar surface area (TPSA) is 34.2 Å². The lowest BCUT2D eigenvalue weighted by Gasteiger charge is -2.32. The largest absolute Gasteiger partial charge is 0.501 e. The van der Waals surface area contributed by atoms with Gasteiger partial charge in [0, 0.05) is 25.7 Å². The number of rotatable bonds is 35. The Hall–Kier alpha value is 0.367. The Morgan fingerprint density at radius 2 is 0.762 bits per heavy atom. The molecule has 0 atom stereocenters. The van der Waals surface area contributed by atoms with Crippen molar-refractivity contribution in [2.75, 3.05) is 64.8 Å². The van der Waals surface area contributed by atoms with Gasteiger partial charge in [0.15, 0.2) is 0 Å². The Morgan fingerprint density at radius 1 is 0.405 bits per heavy atom. The highest BCUT2D eigenvalue weighted by Gasteiger charge is 2.40. The van der Waals surface area contributed by atoms with Gasteiger partial charge in [-0.2, -0.15) is 12.6 Å². The van der Waals surface area contributed by atoms with E-state index in [4.69, 9.17) is 13.3 Å². The highest BCUT2D eigenvalue weighted by atomic mass is 32.1. The predicted molar refractivity (Wildman–Crippen MR) is 191 cm³/mol. The molecule has 0 aliphatic carbocycles. The van der Waals surface area contributed by atoms with Gasteiger partial charge in [-0.1, -0.05) is 118 Å². The van der Waals surface area contributed by atoms with E-state index in [2.05, 4.69) is 57.0 Å². The van der Waals surface area contributed by atoms with Gasteiger partial charge in [-0.25, -0.2) is 0 Å². The van der Waals surface area contributed by atoms with E-state index in [0.717, 1.165) is 70.5 Å². The fourth-order valence-electron chi connectivity index (χ4n) is 5.31. The van der Waals surface area contributed by atoms with Gasteiger partial charge in [0.25, 0.3) is 0 Å². The minimum Gasteiger partial charge on any atom is -0.373 e. The summed E-state index contributed by atoms with van der Waals surface area (Å²) in [7, 11) is -2.77. The summed E-state index contributed by atoms with van der Waals surface area (Å²) in [4.78, 5) is 5.18. The summed E-state index contributed by atoms with van der Waals surface area (Å²) in [5, 5.41) is 0. The van der Waals surface area contributed by atoms with Crippen LogP contribution in [0.1, 0.15) is 157 Å². The molecule has 0 saturated carbocycles. The van der Waals surface area contributed by atoms with Gasteiger partial charge in [0.05, 0.1) is 13.2 Å². The van der Waals surface area contributed by atoms with Gasteiger partial charge >= 0.3 is 8.80 Å². The van der Waals surface area contributed by atoms with Crippen molar-refractivity contribution in [3.8, 4) is 0 Å². The third-order valence-electron chi connectivity index (χ3n) is 8.23. The SMILES string of the molecule is CCCCCCCCCCCCO[Si](CCCS)(OCCN(CCCC)CCCC)OCCN(CCCC)CCCC. The van der Waals surface area contributed by atoms with Crippen LogP contribution in [0.3, 0.4) is 0 Å². The quantitative estimate of drug-likeness (QED) is 0.0427. The molecule has 0 heterocycles. The van der Waals surface area contributed by atoms with Crippen LogP contribution < -0.4 is 0 Å². The second-order valence-corrected chi connectivity index (χ2v) is 15.5. The summed E-state index contributed by atoms with van der Waals surface area (Å²) in [6.07, 6.45) is 24.3. The first-order valence-corrected chi connectivity index (χ1v) is 21.1. The maximum Gasteiger partial charge on any atom is 0.501 e. The molecular formula is C35H76N2O3SSi. The molecule has 42 heavy (non-hydrogen) atoms. The van der Waals surface area contributed by atoms with Crippen LogP contribution in [0.4, 0.5) is 0 Å². The van der Waals surface area contributed by atoms with Crippen LogP contribution in [0.25, 0.3) is 0 Å². The second-order valence-electron chi connectivity index (χ2n) is 12.3. The van der Waals surface area contributed by atoms with E-state index in [1.54, 1.807) is 0 Å². The second kappa shape index (κ2) is 32.8. The van der Waals surface area contributed by atoms with E-state index in [0.29, 0.717) is 13.2 Å². The van der Waals surface area contributed by atoms with Gasteiger partial charge in [-0.05, 0) is 70.5 Å². The molecule has 0 unspecified atom stereocenters. The third-order valence-corrected chi connectivity index (χ3v) is 11.4. The van der Waals surface area contributed by atoms with Crippen LogP contribution in [-0.4, -0.2) is 83.4 Å². The third kappa shape index (κ3) is 25.7. The summed E-state index contributed by atoms with van der Waals surface area (Å²) in [5.74, 6) is 0.849. The molecular weight excluding hydrogens is 557 g/mol. The first-order valence-electron chi connectivity index (χ1n) is 18.6. The van der Waals surface area contributed by atoms with E-state index >= 15 is 0 Å². The van der Waals surface area contributed by atoms with Crippen LogP contribution in [0.2, 0.25) is 6.04 Å². The van der Waals surface area contributed by atoms with Crippen molar-refractivity contribution < 1.29 is 13.3 Å². The molecule has 0 aliphatic rings. The normalized spacial score (nSPS) is 12.3. The van der Waals surface area contributed by atoms with Crippen LogP contribution in [0.5, 0.6) is 0 Å². The highest BCUT2D eigenvalue weighted by Crippen LogP contribution is 2.21. The van der Waals surface area contributed by atoms with Gasteiger partial charge < -0.3 is 23.1 Å². The number of nitrogens with zero attached hydrogens (tertiary/aromatic N) is 2. The van der Waals surface area contributed by atoms with Gasteiger partial charge in [0.1, 0.15) is 0 Å². The summed E-state index contributed by atoms with van der Waals surface area (Å²) in [5.41, 5.74) is 0. The number of hydrogen-bond acceptors (Lipinski definition) is 6. The van der Waals surface area contributed by atoms with Crippen molar-refractivity contribution in [3.05, 3.63) is 0 Å². The zero-order chi connectivity index (χ0) is 31.0. The Bertz CT molecular complexity index is 490. The van der Waals surface area contributed by atoms with Crippen molar-refractivity contribution in [1.82, 2.24) is 9.80 Å². The van der Waals surface area contributed by atoms with E-state index < -0.39 is 8.80 Å². The molecule has 0 saturated heterocycles. The molecule has 0 bridgehead atoms. The standard InChI is InChI=1S/C35H76N2O3SSi/c1-6-11-16-17-18-19-20-21-22-23-31-38-42(35-24-34-41,39-32-29-36(25-12-7-2)26-13-8-3)40-33-30-37(27-14-9-4)28-15-10-5/h41H,6-35H2,1-5H3. The maximum absolute atomic E-state index is 6.76. The van der Waals surface area contributed by atoms with Gasteiger partial charge in [-0.3, -0.25) is 0 Å². The monoisotopic (exact) mass is 633 g/mol. The lowest BCUT2D eigenvalue weighted by Crippen LogP contribution is -2.49. The molecule has 0 radical (unpaired) electrons.